The number of nitrogen functional groups attached to an aromatic ring is 1. The lowest BCUT2D eigenvalue weighted by Crippen LogP contribution is -2.20. The van der Waals surface area contributed by atoms with Crippen LogP contribution in [0.3, 0.4) is 0 Å². The van der Waals surface area contributed by atoms with Gasteiger partial charge in [0.25, 0.3) is 5.91 Å². The zero-order chi connectivity index (χ0) is 14.5. The summed E-state index contributed by atoms with van der Waals surface area (Å²) in [5.41, 5.74) is 6.22. The molecule has 0 spiro atoms. The number of halogens is 1. The third-order valence-electron chi connectivity index (χ3n) is 2.55. The maximum atomic E-state index is 11.7. The second kappa shape index (κ2) is 6.16. The highest BCUT2D eigenvalue weighted by Crippen LogP contribution is 2.29. The lowest BCUT2D eigenvalue weighted by molar-refractivity contribution is -0.118. The molecule has 1 amide bonds. The third kappa shape index (κ3) is 3.33. The molecule has 0 aliphatic carbocycles. The highest BCUT2D eigenvalue weighted by molar-refractivity contribution is 6.33. The molecule has 104 valence electrons. The van der Waals surface area contributed by atoms with Crippen LogP contribution < -0.4 is 15.8 Å². The van der Waals surface area contributed by atoms with Crippen molar-refractivity contribution in [2.75, 3.05) is 17.7 Å². The van der Waals surface area contributed by atoms with Gasteiger partial charge < -0.3 is 20.9 Å². The van der Waals surface area contributed by atoms with Crippen molar-refractivity contribution in [2.24, 2.45) is 0 Å². The Morgan fingerprint density at radius 3 is 2.75 bits per heavy atom. The van der Waals surface area contributed by atoms with Crippen LogP contribution >= 0.6 is 11.6 Å². The summed E-state index contributed by atoms with van der Waals surface area (Å²) >= 11 is 5.92. The zero-order valence-electron chi connectivity index (χ0n) is 10.5. The predicted octanol–water partition coefficient (Wildman–Crippen LogP) is 2.65. The molecule has 5 nitrogen and oxygen atoms in total. The lowest BCUT2D eigenvalue weighted by atomic mass is 10.3. The first kappa shape index (κ1) is 14.0. The molecule has 2 rings (SSSR count). The Labute approximate surface area is 120 Å². The van der Waals surface area contributed by atoms with Crippen LogP contribution in [0.25, 0.3) is 0 Å². The van der Waals surface area contributed by atoms with Gasteiger partial charge in [0.1, 0.15) is 17.2 Å². The summed E-state index contributed by atoms with van der Waals surface area (Å²) in [7, 11) is 0. The Balaban J connectivity index is 1.96. The number of aromatic hydroxyl groups is 1. The van der Waals surface area contributed by atoms with Gasteiger partial charge in [-0.25, -0.2) is 0 Å². The Morgan fingerprint density at radius 1 is 1.25 bits per heavy atom. The van der Waals surface area contributed by atoms with Crippen molar-refractivity contribution in [1.29, 1.82) is 0 Å². The standard InChI is InChI=1S/C14H13ClN2O3/c15-9-4-1-2-5-10(9)17-13(19)8-20-12-7-3-6-11(18)14(12)16/h1-7,18H,8,16H2,(H,17,19). The average Bonchev–Trinajstić information content (AvgIpc) is 2.43. The molecule has 0 fully saturated rings. The Morgan fingerprint density at radius 2 is 2.00 bits per heavy atom. The second-order valence-electron chi connectivity index (χ2n) is 4.01. The minimum Gasteiger partial charge on any atom is -0.506 e. The SMILES string of the molecule is Nc1c(O)cccc1OCC(=O)Nc1ccccc1Cl. The predicted molar refractivity (Wildman–Crippen MR) is 78.1 cm³/mol. The van der Waals surface area contributed by atoms with Crippen LogP contribution in [-0.2, 0) is 4.79 Å². The number of anilines is 2. The van der Waals surface area contributed by atoms with Crippen molar-refractivity contribution in [3.8, 4) is 11.5 Å². The summed E-state index contributed by atoms with van der Waals surface area (Å²) in [6, 6.07) is 11.5. The number of nitrogens with one attached hydrogen (secondary N) is 1. The van der Waals surface area contributed by atoms with E-state index in [4.69, 9.17) is 22.1 Å². The lowest BCUT2D eigenvalue weighted by Gasteiger charge is -2.10. The van der Waals surface area contributed by atoms with Gasteiger partial charge in [-0.1, -0.05) is 29.8 Å². The van der Waals surface area contributed by atoms with Crippen molar-refractivity contribution in [3.63, 3.8) is 0 Å². The summed E-state index contributed by atoms with van der Waals surface area (Å²) in [6.07, 6.45) is 0. The first-order chi connectivity index (χ1) is 9.58. The van der Waals surface area contributed by atoms with Crippen molar-refractivity contribution >= 4 is 28.9 Å². The molecular weight excluding hydrogens is 280 g/mol. The number of carbonyl (C=O) groups excluding carboxylic acids is 1. The van der Waals surface area contributed by atoms with Gasteiger partial charge in [0.15, 0.2) is 6.61 Å². The van der Waals surface area contributed by atoms with Crippen LogP contribution in [0.5, 0.6) is 11.5 Å². The minimum atomic E-state index is -0.374. The van der Waals surface area contributed by atoms with Crippen LogP contribution in [0, 0.1) is 0 Å². The van der Waals surface area contributed by atoms with Crippen molar-refractivity contribution in [3.05, 3.63) is 47.5 Å². The largest absolute Gasteiger partial charge is 0.506 e. The quantitative estimate of drug-likeness (QED) is 0.597. The van der Waals surface area contributed by atoms with E-state index in [2.05, 4.69) is 5.32 Å². The van der Waals surface area contributed by atoms with E-state index in [-0.39, 0.29) is 29.7 Å². The van der Waals surface area contributed by atoms with Gasteiger partial charge >= 0.3 is 0 Å². The molecule has 20 heavy (non-hydrogen) atoms. The summed E-state index contributed by atoms with van der Waals surface area (Å²) in [5.74, 6) is -0.214. The normalized spacial score (nSPS) is 10.1. The fraction of sp³-hybridized carbons (Fsp3) is 0.0714. The van der Waals surface area contributed by atoms with E-state index >= 15 is 0 Å². The van der Waals surface area contributed by atoms with E-state index in [1.54, 1.807) is 36.4 Å². The van der Waals surface area contributed by atoms with Crippen LogP contribution in [0.1, 0.15) is 0 Å². The Hall–Kier alpha value is -2.40. The van der Waals surface area contributed by atoms with Gasteiger partial charge in [-0.15, -0.1) is 0 Å². The van der Waals surface area contributed by atoms with E-state index in [9.17, 15) is 9.90 Å². The molecule has 6 heteroatoms. The maximum absolute atomic E-state index is 11.7. The van der Waals surface area contributed by atoms with Crippen LogP contribution in [0.2, 0.25) is 5.02 Å². The topological polar surface area (TPSA) is 84.6 Å². The molecule has 0 saturated carbocycles. The number of hydrogen-bond donors (Lipinski definition) is 3. The fourth-order valence-electron chi connectivity index (χ4n) is 1.55. The van der Waals surface area contributed by atoms with Gasteiger partial charge in [-0.2, -0.15) is 0 Å². The first-order valence-electron chi connectivity index (χ1n) is 5.82. The van der Waals surface area contributed by atoms with Crippen molar-refractivity contribution in [1.82, 2.24) is 0 Å². The number of carbonyl (C=O) groups is 1. The second-order valence-corrected chi connectivity index (χ2v) is 4.41. The number of hydrogen-bond acceptors (Lipinski definition) is 4. The molecule has 0 bridgehead atoms. The average molecular weight is 293 g/mol. The molecule has 0 radical (unpaired) electrons. The van der Waals surface area contributed by atoms with Gasteiger partial charge in [0.2, 0.25) is 0 Å². The number of para-hydroxylation sites is 2. The van der Waals surface area contributed by atoms with E-state index in [0.29, 0.717) is 10.7 Å². The number of phenolic OH excluding ortho intramolecular Hbond substituents is 1. The van der Waals surface area contributed by atoms with Crippen molar-refractivity contribution in [2.45, 2.75) is 0 Å². The van der Waals surface area contributed by atoms with Crippen LogP contribution in [0.15, 0.2) is 42.5 Å². The molecule has 0 aliphatic heterocycles. The monoisotopic (exact) mass is 292 g/mol. The van der Waals surface area contributed by atoms with E-state index < -0.39 is 0 Å². The van der Waals surface area contributed by atoms with E-state index in [1.165, 1.54) is 6.07 Å². The number of phenols is 1. The number of amides is 1. The van der Waals surface area contributed by atoms with E-state index in [1.807, 2.05) is 0 Å². The molecule has 4 N–H and O–H groups in total. The van der Waals surface area contributed by atoms with E-state index in [0.717, 1.165) is 0 Å². The van der Waals surface area contributed by atoms with Crippen LogP contribution in [0.4, 0.5) is 11.4 Å². The number of benzene rings is 2. The summed E-state index contributed by atoms with van der Waals surface area (Å²) < 4.78 is 5.25. The molecule has 0 aliphatic rings. The summed E-state index contributed by atoms with van der Waals surface area (Å²) in [5, 5.41) is 12.5. The summed E-state index contributed by atoms with van der Waals surface area (Å²) in [6.45, 7) is -0.237. The molecule has 0 aromatic heterocycles. The smallest absolute Gasteiger partial charge is 0.262 e. The van der Waals surface area contributed by atoms with Gasteiger partial charge in [0.05, 0.1) is 10.7 Å². The van der Waals surface area contributed by atoms with Gasteiger partial charge in [-0.05, 0) is 24.3 Å². The molecule has 2 aromatic rings. The number of ether oxygens (including phenoxy) is 1. The Bertz CT molecular complexity index is 632. The Kier molecular flexibility index (Phi) is 4.32. The molecule has 0 heterocycles. The van der Waals surface area contributed by atoms with Crippen LogP contribution in [-0.4, -0.2) is 17.6 Å². The molecule has 2 aromatic carbocycles. The highest BCUT2D eigenvalue weighted by Gasteiger charge is 2.09. The van der Waals surface area contributed by atoms with Crippen molar-refractivity contribution < 1.29 is 14.6 Å². The molecule has 0 saturated heterocycles. The van der Waals surface area contributed by atoms with Gasteiger partial charge in [-0.3, -0.25) is 4.79 Å². The minimum absolute atomic E-state index is 0.0889. The summed E-state index contributed by atoms with van der Waals surface area (Å²) in [4.78, 5) is 11.7. The molecule has 0 unspecified atom stereocenters. The highest BCUT2D eigenvalue weighted by atomic mass is 35.5. The molecular formula is C14H13ClN2O3. The molecule has 0 atom stereocenters. The zero-order valence-corrected chi connectivity index (χ0v) is 11.2. The maximum Gasteiger partial charge on any atom is 0.262 e. The number of rotatable bonds is 4. The van der Waals surface area contributed by atoms with Gasteiger partial charge in [0, 0.05) is 0 Å². The first-order valence-corrected chi connectivity index (χ1v) is 6.20. The third-order valence-corrected chi connectivity index (χ3v) is 2.88. The fourth-order valence-corrected chi connectivity index (χ4v) is 1.73. The number of nitrogens with two attached hydrogens (primary N) is 1.